The predicted molar refractivity (Wildman–Crippen MR) is 78.2 cm³/mol. The molecule has 0 radical (unpaired) electrons. The molecular weight excluding hydrogens is 325 g/mol. The molecule has 0 saturated carbocycles. The number of benzene rings is 1. The van der Waals surface area contributed by atoms with Crippen LogP contribution in [0, 0.1) is 0 Å². The molecule has 3 rings (SSSR count). The van der Waals surface area contributed by atoms with Crippen molar-refractivity contribution in [2.45, 2.75) is 28.2 Å². The van der Waals surface area contributed by atoms with E-state index >= 15 is 0 Å². The third-order valence-corrected chi connectivity index (χ3v) is 9.03. The zero-order chi connectivity index (χ0) is 13.3. The van der Waals surface area contributed by atoms with Crippen LogP contribution in [0.15, 0.2) is 30.3 Å². The topological polar surface area (TPSA) is 29.5 Å². The molecule has 0 N–H and O–H groups in total. The van der Waals surface area contributed by atoms with Crippen LogP contribution >= 0.6 is 11.8 Å². The molecule has 0 aromatic heterocycles. The Kier molecular flexibility index (Phi) is 3.90. The minimum absolute atomic E-state index is 0.0487. The fourth-order valence-electron chi connectivity index (χ4n) is 2.58. The molecule has 2 fully saturated rings. The molecule has 2 atom stereocenters. The van der Waals surface area contributed by atoms with Gasteiger partial charge in [0.1, 0.15) is 0 Å². The van der Waals surface area contributed by atoms with Gasteiger partial charge < -0.3 is 0 Å². The summed E-state index contributed by atoms with van der Waals surface area (Å²) in [4.78, 5) is 14.3. The van der Waals surface area contributed by atoms with Crippen LogP contribution in [-0.4, -0.2) is 48.5 Å². The van der Waals surface area contributed by atoms with E-state index in [1.165, 1.54) is 17.3 Å². The molecule has 5 heteroatoms. The van der Waals surface area contributed by atoms with Crippen molar-refractivity contribution in [3.8, 4) is 0 Å². The number of methoxy groups -OCH3 is 1. The van der Waals surface area contributed by atoms with Crippen LogP contribution in [-0.2, 0) is 16.1 Å². The maximum atomic E-state index is 12.3. The number of rotatable bonds is 3. The van der Waals surface area contributed by atoms with Gasteiger partial charge in [-0.15, -0.1) is 0 Å². The Labute approximate surface area is 124 Å². The molecule has 2 aliphatic rings. The van der Waals surface area contributed by atoms with Gasteiger partial charge in [-0.3, -0.25) is 0 Å². The molecule has 0 unspecified atom stereocenters. The Morgan fingerprint density at radius 2 is 2.26 bits per heavy atom. The Hall–Kier alpha value is -0.481. The van der Waals surface area contributed by atoms with Gasteiger partial charge in [0.2, 0.25) is 0 Å². The van der Waals surface area contributed by atoms with Crippen molar-refractivity contribution in [3.63, 3.8) is 0 Å². The van der Waals surface area contributed by atoms with Crippen molar-refractivity contribution in [3.05, 3.63) is 35.9 Å². The van der Waals surface area contributed by atoms with Gasteiger partial charge in [-0.25, -0.2) is 0 Å². The Balaban J connectivity index is 1.81. The third kappa shape index (κ3) is 2.23. The van der Waals surface area contributed by atoms with E-state index in [2.05, 4.69) is 12.1 Å². The van der Waals surface area contributed by atoms with E-state index in [1.807, 2.05) is 34.9 Å². The average Bonchev–Trinajstić information content (AvgIpc) is 2.47. The minimum atomic E-state index is -0.221. The van der Waals surface area contributed by atoms with Crippen molar-refractivity contribution in [2.24, 2.45) is 0 Å². The van der Waals surface area contributed by atoms with E-state index in [9.17, 15) is 4.79 Å². The van der Waals surface area contributed by atoms with Crippen molar-refractivity contribution < 1.29 is 9.53 Å². The molecule has 1 amide bonds. The molecule has 2 heterocycles. The summed E-state index contributed by atoms with van der Waals surface area (Å²) < 4.78 is 5.41. The number of carbonyl (C=O) groups is 1. The Morgan fingerprint density at radius 3 is 2.89 bits per heavy atom. The number of carbonyl (C=O) groups excluding carboxylic acids is 1. The second kappa shape index (κ2) is 5.49. The molecule has 19 heavy (non-hydrogen) atoms. The summed E-state index contributed by atoms with van der Waals surface area (Å²) in [5.74, 6) is 1.29. The summed E-state index contributed by atoms with van der Waals surface area (Å²) in [5, 5.41) is 1.25. The van der Waals surface area contributed by atoms with Gasteiger partial charge in [0.25, 0.3) is 0 Å². The summed E-state index contributed by atoms with van der Waals surface area (Å²) >= 11 is 2.37. The fourth-order valence-corrected chi connectivity index (χ4v) is 8.39. The zero-order valence-electron chi connectivity index (χ0n) is 10.9. The number of amides is 1. The SMILES string of the molecule is CO[C@@H]1C(=O)N(Cc2ccccc2)[C@@]12SCCC[Se]2. The predicted octanol–water partition coefficient (Wildman–Crippen LogP) is 1.96. The van der Waals surface area contributed by atoms with Gasteiger partial charge >= 0.3 is 124 Å². The number of likely N-dealkylation sites (tertiary alicyclic amines) is 1. The first kappa shape index (κ1) is 13.5. The van der Waals surface area contributed by atoms with Crippen LogP contribution in [0.25, 0.3) is 0 Å². The molecule has 2 saturated heterocycles. The van der Waals surface area contributed by atoms with E-state index in [0.717, 1.165) is 5.75 Å². The van der Waals surface area contributed by atoms with Crippen LogP contribution in [0.5, 0.6) is 0 Å². The molecule has 0 aliphatic carbocycles. The van der Waals surface area contributed by atoms with Crippen LogP contribution in [0.4, 0.5) is 0 Å². The first-order valence-corrected chi connectivity index (χ1v) is 9.49. The van der Waals surface area contributed by atoms with Crippen molar-refractivity contribution in [2.75, 3.05) is 12.9 Å². The maximum absolute atomic E-state index is 12.3. The molecule has 1 spiro atoms. The van der Waals surface area contributed by atoms with Gasteiger partial charge in [0.15, 0.2) is 0 Å². The van der Waals surface area contributed by atoms with Gasteiger partial charge in [-0.1, -0.05) is 0 Å². The van der Waals surface area contributed by atoms with Gasteiger partial charge in [-0.05, 0) is 0 Å². The van der Waals surface area contributed by atoms with E-state index < -0.39 is 0 Å². The number of hydrogen-bond donors (Lipinski definition) is 0. The second-order valence-corrected chi connectivity index (χ2v) is 9.38. The molecular formula is C14H17NO2SSe. The van der Waals surface area contributed by atoms with E-state index in [1.54, 1.807) is 7.11 Å². The van der Waals surface area contributed by atoms with E-state index in [-0.39, 0.29) is 15.8 Å². The molecule has 102 valence electrons. The quantitative estimate of drug-likeness (QED) is 0.621. The number of ether oxygens (including phenoxy) is 1. The van der Waals surface area contributed by atoms with Crippen LogP contribution < -0.4 is 0 Å². The molecule has 2 aliphatic heterocycles. The first-order valence-electron chi connectivity index (χ1n) is 6.44. The second-order valence-electron chi connectivity index (χ2n) is 4.71. The van der Waals surface area contributed by atoms with Gasteiger partial charge in [0.05, 0.1) is 0 Å². The average molecular weight is 342 g/mol. The first-order chi connectivity index (χ1) is 9.28. The summed E-state index contributed by atoms with van der Waals surface area (Å²) in [6.07, 6.45) is 1.05. The number of β-lactam (4-membered cyclic amide) rings is 1. The number of hydrogen-bond acceptors (Lipinski definition) is 3. The Bertz CT molecular complexity index is 462. The molecule has 3 nitrogen and oxygen atoms in total. The van der Waals surface area contributed by atoms with E-state index in [0.29, 0.717) is 21.5 Å². The Morgan fingerprint density at radius 1 is 1.47 bits per heavy atom. The van der Waals surface area contributed by atoms with Crippen LogP contribution in [0.1, 0.15) is 12.0 Å². The van der Waals surface area contributed by atoms with Crippen LogP contribution in [0.3, 0.4) is 0 Å². The molecule has 1 aromatic carbocycles. The zero-order valence-corrected chi connectivity index (χ0v) is 13.4. The standard InChI is InChI=1S/C14H17NO2SSe/c1-17-12-13(16)15(10-11-6-3-2-4-7-11)14(12)18-8-5-9-19-14/h2-4,6-7,12H,5,8-10H2,1H3/t12-,14-/m1/s1. The number of nitrogens with zero attached hydrogens (tertiary/aromatic N) is 1. The van der Waals surface area contributed by atoms with Crippen LogP contribution in [0.2, 0.25) is 5.32 Å². The summed E-state index contributed by atoms with van der Waals surface area (Å²) in [6, 6.07) is 10.2. The summed E-state index contributed by atoms with van der Waals surface area (Å²) in [5.41, 5.74) is 1.20. The fraction of sp³-hybridized carbons (Fsp3) is 0.500. The van der Waals surface area contributed by atoms with Crippen molar-refractivity contribution in [1.82, 2.24) is 4.90 Å². The number of thioether (sulfide) groups is 1. The van der Waals surface area contributed by atoms with Crippen molar-refractivity contribution in [1.29, 1.82) is 0 Å². The normalized spacial score (nSPS) is 30.5. The van der Waals surface area contributed by atoms with Crippen molar-refractivity contribution >= 4 is 32.6 Å². The van der Waals surface area contributed by atoms with Gasteiger partial charge in [0, 0.05) is 0 Å². The van der Waals surface area contributed by atoms with E-state index in [4.69, 9.17) is 4.74 Å². The molecule has 1 aromatic rings. The van der Waals surface area contributed by atoms with Gasteiger partial charge in [-0.2, -0.15) is 0 Å². The third-order valence-electron chi connectivity index (χ3n) is 3.52. The summed E-state index contributed by atoms with van der Waals surface area (Å²) in [7, 11) is 1.66. The molecule has 0 bridgehead atoms. The summed E-state index contributed by atoms with van der Waals surface area (Å²) in [6.45, 7) is 0.717. The monoisotopic (exact) mass is 343 g/mol.